The zero-order valence-corrected chi connectivity index (χ0v) is 9.16. The zero-order chi connectivity index (χ0) is 11.4. The van der Waals surface area contributed by atoms with Crippen LogP contribution in [0.3, 0.4) is 0 Å². The maximum Gasteiger partial charge on any atom is 0.253 e. The van der Waals surface area contributed by atoms with Gasteiger partial charge in [0.2, 0.25) is 0 Å². The van der Waals surface area contributed by atoms with Gasteiger partial charge in [0.05, 0.1) is 22.1 Å². The van der Waals surface area contributed by atoms with E-state index in [0.717, 1.165) is 12.1 Å². The molecule has 0 radical (unpaired) electrons. The molecule has 0 aromatic heterocycles. The molecule has 3 N–H and O–H groups in total. The second kappa shape index (κ2) is 5.04. The van der Waals surface area contributed by atoms with E-state index in [4.69, 9.17) is 17.3 Å². The van der Waals surface area contributed by atoms with Crippen molar-refractivity contribution in [1.82, 2.24) is 5.32 Å². The van der Waals surface area contributed by atoms with Crippen LogP contribution in [0.1, 0.15) is 10.4 Å². The van der Waals surface area contributed by atoms with Crippen molar-refractivity contribution in [2.75, 3.05) is 6.54 Å². The summed E-state index contributed by atoms with van der Waals surface area (Å²) in [5, 5.41) is 2.50. The van der Waals surface area contributed by atoms with Gasteiger partial charge in [0.1, 0.15) is 5.82 Å². The normalized spacial score (nSPS) is 9.73. The fourth-order valence-electron chi connectivity index (χ4n) is 0.936. The van der Waals surface area contributed by atoms with Crippen molar-refractivity contribution in [2.24, 2.45) is 5.73 Å². The van der Waals surface area contributed by atoms with Crippen molar-refractivity contribution >= 4 is 34.7 Å². The lowest BCUT2D eigenvalue weighted by atomic mass is 10.2. The highest BCUT2D eigenvalue weighted by atomic mass is 35.5. The first-order valence-corrected chi connectivity index (χ1v) is 4.81. The second-order valence-corrected chi connectivity index (χ2v) is 3.70. The van der Waals surface area contributed by atoms with Gasteiger partial charge in [-0.25, -0.2) is 4.39 Å². The molecule has 15 heavy (non-hydrogen) atoms. The summed E-state index contributed by atoms with van der Waals surface area (Å²) in [5.74, 6) is -0.932. The van der Waals surface area contributed by atoms with Crippen LogP contribution in [0.5, 0.6) is 0 Å². The van der Waals surface area contributed by atoms with Gasteiger partial charge in [-0.15, -0.1) is 0 Å². The molecule has 0 saturated heterocycles. The molecule has 6 heteroatoms. The van der Waals surface area contributed by atoms with Gasteiger partial charge < -0.3 is 11.1 Å². The maximum absolute atomic E-state index is 12.7. The van der Waals surface area contributed by atoms with E-state index in [1.807, 2.05) is 0 Å². The van der Waals surface area contributed by atoms with E-state index in [9.17, 15) is 9.18 Å². The largest absolute Gasteiger partial charge is 0.392 e. The molecule has 1 rings (SSSR count). The van der Waals surface area contributed by atoms with Crippen LogP contribution in [0.15, 0.2) is 18.2 Å². The number of nitrogens with two attached hydrogens (primary N) is 1. The van der Waals surface area contributed by atoms with Crippen molar-refractivity contribution in [3.8, 4) is 0 Å². The van der Waals surface area contributed by atoms with Crippen LogP contribution < -0.4 is 11.1 Å². The first-order chi connectivity index (χ1) is 7.00. The fourth-order valence-corrected chi connectivity index (χ4v) is 1.26. The van der Waals surface area contributed by atoms with Crippen molar-refractivity contribution in [2.45, 2.75) is 0 Å². The van der Waals surface area contributed by atoms with Crippen LogP contribution in [0.2, 0.25) is 5.02 Å². The molecule has 0 aliphatic heterocycles. The standard InChI is InChI=1S/C9H8ClFN2OS/c10-7-3-5(11)1-2-6(7)9(14)13-4-8(12)15/h1-3H,4H2,(H2,12,15)(H,13,14). The van der Waals surface area contributed by atoms with Gasteiger partial charge in [0, 0.05) is 0 Å². The van der Waals surface area contributed by atoms with E-state index >= 15 is 0 Å². The third-order valence-electron chi connectivity index (χ3n) is 1.60. The zero-order valence-electron chi connectivity index (χ0n) is 7.59. The molecule has 0 aliphatic carbocycles. The SMILES string of the molecule is NC(=S)CNC(=O)c1ccc(F)cc1Cl. The van der Waals surface area contributed by atoms with Crippen LogP contribution in [0.4, 0.5) is 4.39 Å². The fraction of sp³-hybridized carbons (Fsp3) is 0.111. The molecule has 0 saturated carbocycles. The van der Waals surface area contributed by atoms with Crippen LogP contribution >= 0.6 is 23.8 Å². The molecule has 3 nitrogen and oxygen atoms in total. The van der Waals surface area contributed by atoms with Crippen molar-refractivity contribution in [3.63, 3.8) is 0 Å². The first kappa shape index (κ1) is 11.9. The van der Waals surface area contributed by atoms with E-state index in [1.54, 1.807) is 0 Å². The van der Waals surface area contributed by atoms with Gasteiger partial charge in [-0.05, 0) is 18.2 Å². The van der Waals surface area contributed by atoms with E-state index in [0.29, 0.717) is 0 Å². The summed E-state index contributed by atoms with van der Waals surface area (Å²) in [7, 11) is 0. The third kappa shape index (κ3) is 3.45. The van der Waals surface area contributed by atoms with Gasteiger partial charge in [0.15, 0.2) is 0 Å². The van der Waals surface area contributed by atoms with Crippen LogP contribution in [0, 0.1) is 5.82 Å². The van der Waals surface area contributed by atoms with E-state index in [1.165, 1.54) is 6.07 Å². The molecule has 0 atom stereocenters. The summed E-state index contributed by atoms with van der Waals surface area (Å²) in [4.78, 5) is 11.6. The lowest BCUT2D eigenvalue weighted by Crippen LogP contribution is -2.32. The van der Waals surface area contributed by atoms with Gasteiger partial charge in [0.25, 0.3) is 5.91 Å². The predicted octanol–water partition coefficient (Wildman–Crippen LogP) is 1.50. The number of amides is 1. The minimum Gasteiger partial charge on any atom is -0.392 e. The lowest BCUT2D eigenvalue weighted by molar-refractivity contribution is 0.0959. The minimum absolute atomic E-state index is 0.0513. The minimum atomic E-state index is -0.495. The third-order valence-corrected chi connectivity index (χ3v) is 2.06. The number of hydrogen-bond acceptors (Lipinski definition) is 2. The maximum atomic E-state index is 12.7. The number of thiocarbonyl (C=S) groups is 1. The van der Waals surface area contributed by atoms with Crippen LogP contribution in [-0.2, 0) is 0 Å². The van der Waals surface area contributed by atoms with Crippen LogP contribution in [-0.4, -0.2) is 17.4 Å². The Morgan fingerprint density at radius 3 is 2.80 bits per heavy atom. The molecule has 0 bridgehead atoms. The first-order valence-electron chi connectivity index (χ1n) is 4.02. The van der Waals surface area contributed by atoms with Gasteiger partial charge in [-0.1, -0.05) is 23.8 Å². The monoisotopic (exact) mass is 246 g/mol. The Morgan fingerprint density at radius 1 is 1.60 bits per heavy atom. The highest BCUT2D eigenvalue weighted by molar-refractivity contribution is 7.80. The second-order valence-electron chi connectivity index (χ2n) is 2.77. The molecule has 0 spiro atoms. The van der Waals surface area contributed by atoms with Gasteiger partial charge in [-0.2, -0.15) is 0 Å². The Kier molecular flexibility index (Phi) is 3.99. The Morgan fingerprint density at radius 2 is 2.27 bits per heavy atom. The predicted molar refractivity (Wildman–Crippen MR) is 60.5 cm³/mol. The molecular weight excluding hydrogens is 239 g/mol. The topological polar surface area (TPSA) is 55.1 Å². The summed E-state index contributed by atoms with van der Waals surface area (Å²) in [6.45, 7) is 0.0852. The summed E-state index contributed by atoms with van der Waals surface area (Å²) in [6, 6.07) is 3.52. The molecule has 0 aliphatic rings. The van der Waals surface area contributed by atoms with Crippen molar-refractivity contribution in [3.05, 3.63) is 34.6 Å². The summed E-state index contributed by atoms with van der Waals surface area (Å²) < 4.78 is 12.7. The number of carbonyl (C=O) groups excluding carboxylic acids is 1. The number of rotatable bonds is 3. The van der Waals surface area contributed by atoms with Crippen molar-refractivity contribution in [1.29, 1.82) is 0 Å². The Labute approximate surface area is 96.4 Å². The molecule has 0 heterocycles. The molecule has 1 amide bonds. The van der Waals surface area contributed by atoms with Gasteiger partial charge in [-0.3, -0.25) is 4.79 Å². The van der Waals surface area contributed by atoms with Gasteiger partial charge >= 0.3 is 0 Å². The number of hydrogen-bond donors (Lipinski definition) is 2. The number of benzene rings is 1. The summed E-state index contributed by atoms with van der Waals surface area (Å²) in [6.07, 6.45) is 0. The molecule has 1 aromatic carbocycles. The Balaban J connectivity index is 2.78. The molecular formula is C9H8ClFN2OS. The highest BCUT2D eigenvalue weighted by Crippen LogP contribution is 2.16. The van der Waals surface area contributed by atoms with E-state index < -0.39 is 11.7 Å². The van der Waals surface area contributed by atoms with E-state index in [-0.39, 0.29) is 22.1 Å². The Hall–Kier alpha value is -1.20. The number of halogens is 2. The molecule has 0 unspecified atom stereocenters. The smallest absolute Gasteiger partial charge is 0.253 e. The number of carbonyl (C=O) groups is 1. The quantitative estimate of drug-likeness (QED) is 0.795. The molecule has 1 aromatic rings. The molecule has 0 fully saturated rings. The average molecular weight is 247 g/mol. The molecule has 80 valence electrons. The van der Waals surface area contributed by atoms with Crippen molar-refractivity contribution < 1.29 is 9.18 Å². The van der Waals surface area contributed by atoms with E-state index in [2.05, 4.69) is 17.5 Å². The lowest BCUT2D eigenvalue weighted by Gasteiger charge is -2.05. The highest BCUT2D eigenvalue weighted by Gasteiger charge is 2.10. The Bertz CT molecular complexity index is 411. The summed E-state index contributed by atoms with van der Waals surface area (Å²) >= 11 is 10.3. The average Bonchev–Trinajstić information content (AvgIpc) is 2.14. The van der Waals surface area contributed by atoms with Crippen LogP contribution in [0.25, 0.3) is 0 Å². The number of nitrogens with one attached hydrogen (secondary N) is 1. The summed E-state index contributed by atoms with van der Waals surface area (Å²) in [5.41, 5.74) is 5.39.